The quantitative estimate of drug-likeness (QED) is 0.610. The molecule has 8 rings (SSSR count). The highest BCUT2D eigenvalue weighted by molar-refractivity contribution is 5.61. The van der Waals surface area contributed by atoms with E-state index >= 15 is 0 Å². The van der Waals surface area contributed by atoms with Crippen LogP contribution >= 0.6 is 0 Å². The Bertz CT molecular complexity index is 940. The van der Waals surface area contributed by atoms with Crippen LogP contribution in [-0.4, -0.2) is 4.98 Å². The van der Waals surface area contributed by atoms with Gasteiger partial charge in [-0.1, -0.05) is 30.4 Å². The molecule has 4 bridgehead atoms. The maximum Gasteiger partial charge on any atom is 0.0725 e. The Morgan fingerprint density at radius 1 is 0.931 bits per heavy atom. The number of hydrogen-bond donors (Lipinski definition) is 1. The van der Waals surface area contributed by atoms with Crippen LogP contribution in [0.25, 0.3) is 0 Å². The van der Waals surface area contributed by atoms with Crippen LogP contribution in [0.3, 0.4) is 0 Å². The maximum absolute atomic E-state index is 4.69. The number of allylic oxidation sites excluding steroid dienone is 2. The standard InChI is InChI=1S/C27H30N2/c1-2-9-28-25(6-1)26-22-5-3-4-21(22)23-13-20(7-8-24(23)29-26)27-14-17-10-18(15-27)12-19(11-17)16-27/h1-4,6-9,13,17-19,21-22,26,29H,5,10-12,14-16H2/t17?,18?,19?,21-,22+,26-,27?/m1/s1. The van der Waals surface area contributed by atoms with Gasteiger partial charge in [0, 0.05) is 17.8 Å². The molecule has 1 aliphatic heterocycles. The van der Waals surface area contributed by atoms with E-state index in [1.807, 2.05) is 12.3 Å². The molecule has 4 saturated carbocycles. The number of nitrogens with zero attached hydrogens (tertiary/aromatic N) is 1. The molecule has 0 radical (unpaired) electrons. The van der Waals surface area contributed by atoms with Gasteiger partial charge < -0.3 is 5.32 Å². The molecule has 3 atom stereocenters. The van der Waals surface area contributed by atoms with Crippen LogP contribution in [-0.2, 0) is 5.41 Å². The lowest BCUT2D eigenvalue weighted by Crippen LogP contribution is -2.48. The smallest absolute Gasteiger partial charge is 0.0725 e. The van der Waals surface area contributed by atoms with Crippen LogP contribution < -0.4 is 5.32 Å². The zero-order chi connectivity index (χ0) is 19.0. The van der Waals surface area contributed by atoms with Crippen molar-refractivity contribution in [2.75, 3.05) is 5.32 Å². The fourth-order valence-electron chi connectivity index (χ4n) is 8.24. The van der Waals surface area contributed by atoms with Gasteiger partial charge in [-0.05, 0) is 103 Å². The molecule has 6 aliphatic rings. The molecule has 2 aromatic rings. The highest BCUT2D eigenvalue weighted by Crippen LogP contribution is 2.61. The molecule has 0 amide bonds. The molecule has 5 aliphatic carbocycles. The van der Waals surface area contributed by atoms with E-state index in [1.165, 1.54) is 49.9 Å². The predicted molar refractivity (Wildman–Crippen MR) is 117 cm³/mol. The summed E-state index contributed by atoms with van der Waals surface area (Å²) in [5, 5.41) is 3.88. The van der Waals surface area contributed by atoms with Gasteiger partial charge >= 0.3 is 0 Å². The van der Waals surface area contributed by atoms with E-state index in [0.717, 1.165) is 24.2 Å². The third-order valence-corrected chi connectivity index (χ3v) is 9.02. The lowest BCUT2D eigenvalue weighted by molar-refractivity contribution is -0.00523. The zero-order valence-corrected chi connectivity index (χ0v) is 17.1. The van der Waals surface area contributed by atoms with Crippen LogP contribution in [0.5, 0.6) is 0 Å². The lowest BCUT2D eigenvalue weighted by atomic mass is 9.48. The third kappa shape index (κ3) is 2.44. The topological polar surface area (TPSA) is 24.9 Å². The van der Waals surface area contributed by atoms with Crippen molar-refractivity contribution in [3.63, 3.8) is 0 Å². The summed E-state index contributed by atoms with van der Waals surface area (Å²) in [6.07, 6.45) is 16.9. The number of aromatic nitrogens is 1. The average Bonchev–Trinajstić information content (AvgIpc) is 3.23. The van der Waals surface area contributed by atoms with Gasteiger partial charge in [-0.15, -0.1) is 0 Å². The second kappa shape index (κ2) is 5.97. The number of hydrogen-bond acceptors (Lipinski definition) is 2. The van der Waals surface area contributed by atoms with E-state index in [2.05, 4.69) is 52.8 Å². The normalized spacial score (nSPS) is 41.1. The highest BCUT2D eigenvalue weighted by Gasteiger charge is 2.52. The molecule has 4 fully saturated rings. The second-order valence-corrected chi connectivity index (χ2v) is 10.7. The maximum atomic E-state index is 4.69. The summed E-state index contributed by atoms with van der Waals surface area (Å²) in [7, 11) is 0. The number of rotatable bonds is 2. The fourth-order valence-corrected chi connectivity index (χ4v) is 8.24. The van der Waals surface area contributed by atoms with Gasteiger partial charge in [-0.25, -0.2) is 0 Å². The van der Waals surface area contributed by atoms with E-state index in [-0.39, 0.29) is 0 Å². The minimum absolute atomic E-state index is 0.314. The first-order valence-corrected chi connectivity index (χ1v) is 11.8. The van der Waals surface area contributed by atoms with E-state index in [1.54, 1.807) is 11.1 Å². The van der Waals surface area contributed by atoms with Gasteiger partial charge in [-0.2, -0.15) is 0 Å². The van der Waals surface area contributed by atoms with Crippen molar-refractivity contribution in [1.29, 1.82) is 0 Å². The molecular formula is C27H30N2. The van der Waals surface area contributed by atoms with Crippen LogP contribution in [0.1, 0.15) is 73.7 Å². The van der Waals surface area contributed by atoms with Crippen molar-refractivity contribution in [3.8, 4) is 0 Å². The molecule has 148 valence electrons. The Labute approximate surface area is 173 Å². The van der Waals surface area contributed by atoms with Gasteiger partial charge in [0.15, 0.2) is 0 Å². The van der Waals surface area contributed by atoms with Gasteiger partial charge in [0.25, 0.3) is 0 Å². The van der Waals surface area contributed by atoms with Crippen molar-refractivity contribution in [3.05, 3.63) is 71.6 Å². The summed E-state index contributed by atoms with van der Waals surface area (Å²) in [4.78, 5) is 4.69. The molecule has 0 spiro atoms. The van der Waals surface area contributed by atoms with Gasteiger partial charge in [0.05, 0.1) is 11.7 Å². The molecule has 1 N–H and O–H groups in total. The molecule has 0 saturated heterocycles. The number of benzene rings is 1. The van der Waals surface area contributed by atoms with Gasteiger partial charge in [0.1, 0.15) is 0 Å². The summed E-state index contributed by atoms with van der Waals surface area (Å²) in [5.41, 5.74) is 6.21. The van der Waals surface area contributed by atoms with E-state index in [0.29, 0.717) is 23.3 Å². The largest absolute Gasteiger partial charge is 0.376 e. The number of fused-ring (bicyclic) bond motifs is 3. The minimum Gasteiger partial charge on any atom is -0.376 e. The summed E-state index contributed by atoms with van der Waals surface area (Å²) in [6, 6.07) is 14.1. The summed E-state index contributed by atoms with van der Waals surface area (Å²) >= 11 is 0. The van der Waals surface area contributed by atoms with Crippen LogP contribution in [0.2, 0.25) is 0 Å². The van der Waals surface area contributed by atoms with E-state index in [9.17, 15) is 0 Å². The van der Waals surface area contributed by atoms with Gasteiger partial charge in [0.2, 0.25) is 0 Å². The summed E-state index contributed by atoms with van der Waals surface area (Å²) < 4.78 is 0. The Kier molecular flexibility index (Phi) is 3.43. The molecule has 2 heterocycles. The molecule has 2 nitrogen and oxygen atoms in total. The molecule has 1 aromatic carbocycles. The first kappa shape index (κ1) is 16.7. The van der Waals surface area contributed by atoms with Crippen molar-refractivity contribution in [2.24, 2.45) is 23.7 Å². The Hall–Kier alpha value is -2.09. The Morgan fingerprint density at radius 3 is 2.45 bits per heavy atom. The Morgan fingerprint density at radius 2 is 1.72 bits per heavy atom. The predicted octanol–water partition coefficient (Wildman–Crippen LogP) is 6.38. The van der Waals surface area contributed by atoms with Crippen molar-refractivity contribution in [1.82, 2.24) is 4.98 Å². The number of anilines is 1. The van der Waals surface area contributed by atoms with Gasteiger partial charge in [-0.3, -0.25) is 4.98 Å². The molecule has 0 unspecified atom stereocenters. The van der Waals surface area contributed by atoms with Crippen molar-refractivity contribution >= 4 is 5.69 Å². The van der Waals surface area contributed by atoms with Crippen LogP contribution in [0.4, 0.5) is 5.69 Å². The second-order valence-electron chi connectivity index (χ2n) is 10.7. The SMILES string of the molecule is C1=C[C@H]2c3cc(C45CC6CC(CC(C6)C4)C5)ccc3N[C@@H](c3ccccn3)[C@H]2C1. The first-order valence-electron chi connectivity index (χ1n) is 11.8. The summed E-state index contributed by atoms with van der Waals surface area (Å²) in [5.74, 6) is 4.13. The zero-order valence-electron chi connectivity index (χ0n) is 17.1. The first-order chi connectivity index (χ1) is 14.3. The van der Waals surface area contributed by atoms with Crippen LogP contribution in [0.15, 0.2) is 54.7 Å². The van der Waals surface area contributed by atoms with Crippen LogP contribution in [0, 0.1) is 23.7 Å². The fraction of sp³-hybridized carbons (Fsp3) is 0.519. The lowest BCUT2D eigenvalue weighted by Gasteiger charge is -2.57. The Balaban J connectivity index is 1.29. The molecule has 29 heavy (non-hydrogen) atoms. The highest BCUT2D eigenvalue weighted by atomic mass is 15.0. The van der Waals surface area contributed by atoms with E-state index < -0.39 is 0 Å². The minimum atomic E-state index is 0.314. The average molecular weight is 383 g/mol. The molecule has 2 heteroatoms. The number of pyridine rings is 1. The molecular weight excluding hydrogens is 352 g/mol. The van der Waals surface area contributed by atoms with Crippen molar-refractivity contribution < 1.29 is 0 Å². The summed E-state index contributed by atoms with van der Waals surface area (Å²) in [6.45, 7) is 0. The van der Waals surface area contributed by atoms with Crippen molar-refractivity contribution in [2.45, 2.75) is 62.3 Å². The number of nitrogens with one attached hydrogen (secondary N) is 1. The third-order valence-electron chi connectivity index (χ3n) is 9.02. The van der Waals surface area contributed by atoms with E-state index in [4.69, 9.17) is 0 Å². The molecule has 1 aromatic heterocycles. The monoisotopic (exact) mass is 382 g/mol.